The number of carbonyl (C=O) groups is 1. The van der Waals surface area contributed by atoms with Gasteiger partial charge in [0.1, 0.15) is 55.4 Å². The van der Waals surface area contributed by atoms with Crippen LogP contribution < -0.4 is 22.5 Å². The van der Waals surface area contributed by atoms with Crippen LogP contribution in [0.2, 0.25) is 0 Å². The van der Waals surface area contributed by atoms with Crippen LogP contribution >= 0.6 is 0 Å². The summed E-state index contributed by atoms with van der Waals surface area (Å²) in [6.07, 6.45) is -13.6. The van der Waals surface area contributed by atoms with Gasteiger partial charge in [0.15, 0.2) is 6.29 Å². The summed E-state index contributed by atoms with van der Waals surface area (Å²) in [5.41, 5.74) is 18.1. The van der Waals surface area contributed by atoms with E-state index in [2.05, 4.69) is 5.32 Å². The molecule has 0 aromatic carbocycles. The lowest BCUT2D eigenvalue weighted by Crippen LogP contribution is -2.70. The minimum Gasteiger partial charge on any atom is -0.391 e. The van der Waals surface area contributed by atoms with E-state index in [1.807, 2.05) is 0 Å². The van der Waals surface area contributed by atoms with Crippen molar-refractivity contribution in [3.63, 3.8) is 0 Å². The molecule has 2 saturated heterocycles. The zero-order valence-corrected chi connectivity index (χ0v) is 20.5. The highest BCUT2D eigenvalue weighted by molar-refractivity contribution is 5.73. The van der Waals surface area contributed by atoms with Gasteiger partial charge in [-0.25, -0.2) is 0 Å². The lowest BCUT2D eigenvalue weighted by molar-refractivity contribution is -0.333. The van der Waals surface area contributed by atoms with E-state index in [9.17, 15) is 35.4 Å². The second kappa shape index (κ2) is 11.4. The third-order valence-corrected chi connectivity index (χ3v) is 6.98. The van der Waals surface area contributed by atoms with Crippen molar-refractivity contribution in [1.29, 1.82) is 0 Å². The Morgan fingerprint density at radius 1 is 1.08 bits per heavy atom. The number of nitrogens with two attached hydrogens (primary N) is 3. The topological polar surface area (TPSA) is 265 Å². The van der Waals surface area contributed by atoms with Gasteiger partial charge in [-0.05, 0) is 20.3 Å². The Kier molecular flexibility index (Phi) is 9.31. The first-order valence-electron chi connectivity index (χ1n) is 11.9. The normalized spacial score (nSPS) is 49.4. The van der Waals surface area contributed by atoms with Gasteiger partial charge in [0, 0.05) is 19.0 Å². The molecule has 1 amide bonds. The number of carbonyl (C=O) groups excluding carboxylic acids is 1. The summed E-state index contributed by atoms with van der Waals surface area (Å²) >= 11 is 0. The summed E-state index contributed by atoms with van der Waals surface area (Å²) < 4.78 is 22.8. The highest BCUT2D eigenvalue weighted by Gasteiger charge is 2.57. The first kappa shape index (κ1) is 29.5. The summed E-state index contributed by atoms with van der Waals surface area (Å²) in [6.45, 7) is 3.69. The molecule has 3 rings (SSSR count). The lowest BCUT2D eigenvalue weighted by Gasteiger charge is -2.49. The third kappa shape index (κ3) is 5.83. The van der Waals surface area contributed by atoms with E-state index >= 15 is 0 Å². The number of nitrogens with one attached hydrogen (secondary N) is 1. The Labute approximate surface area is 208 Å². The van der Waals surface area contributed by atoms with Gasteiger partial charge in [-0.1, -0.05) is 0 Å². The van der Waals surface area contributed by atoms with E-state index < -0.39 is 104 Å². The minimum atomic E-state index is -2.31. The monoisotopic (exact) mass is 524 g/mol. The molecule has 0 spiro atoms. The standard InChI is InChI=1S/C21H40N4O11/c1-6(22)15-19(31)21(32,5-33-15)36-18-12(28)10(25-8(3)27)4-9(23)17(18)35-20-11(24)13(29)14(30)16(34-20)7(2)26/h6-7,9-20,26,28-32H,4-5,22-24H2,1-3H3,(H,25,27)/t6-,7+,9?,10+,11?,12?,13?,14-,15+,16?,17+,18?,19?,20+,21+/m0/s1. The Morgan fingerprint density at radius 2 is 1.72 bits per heavy atom. The number of ether oxygens (including phenoxy) is 4. The molecule has 13 N–H and O–H groups in total. The number of aliphatic hydroxyl groups is 6. The maximum Gasteiger partial charge on any atom is 0.219 e. The second-order valence-corrected chi connectivity index (χ2v) is 10.1. The van der Waals surface area contributed by atoms with Gasteiger partial charge in [0.2, 0.25) is 11.7 Å². The fourth-order valence-electron chi connectivity index (χ4n) is 4.97. The molecule has 15 heteroatoms. The molecule has 15 nitrogen and oxygen atoms in total. The summed E-state index contributed by atoms with van der Waals surface area (Å²) in [5.74, 6) is -2.75. The van der Waals surface area contributed by atoms with Gasteiger partial charge in [-0.2, -0.15) is 0 Å². The van der Waals surface area contributed by atoms with Crippen molar-refractivity contribution < 1.29 is 54.4 Å². The van der Waals surface area contributed by atoms with Gasteiger partial charge in [-0.3, -0.25) is 4.79 Å². The van der Waals surface area contributed by atoms with Gasteiger partial charge >= 0.3 is 0 Å². The van der Waals surface area contributed by atoms with Crippen molar-refractivity contribution in [2.24, 2.45) is 17.2 Å². The largest absolute Gasteiger partial charge is 0.391 e. The van der Waals surface area contributed by atoms with Crippen LogP contribution in [0.1, 0.15) is 27.2 Å². The van der Waals surface area contributed by atoms with E-state index in [1.165, 1.54) is 13.8 Å². The smallest absolute Gasteiger partial charge is 0.219 e. The molecule has 1 saturated carbocycles. The molecular weight excluding hydrogens is 484 g/mol. The van der Waals surface area contributed by atoms with Crippen molar-refractivity contribution in [3.8, 4) is 0 Å². The molecule has 0 aromatic rings. The summed E-state index contributed by atoms with van der Waals surface area (Å²) in [5, 5.41) is 65.9. The first-order chi connectivity index (χ1) is 16.7. The van der Waals surface area contributed by atoms with E-state index in [0.717, 1.165) is 0 Å². The van der Waals surface area contributed by atoms with Crippen LogP contribution in [0.4, 0.5) is 0 Å². The minimum absolute atomic E-state index is 0.0260. The maximum atomic E-state index is 11.7. The van der Waals surface area contributed by atoms with Crippen LogP contribution in [0.5, 0.6) is 0 Å². The van der Waals surface area contributed by atoms with Crippen molar-refractivity contribution >= 4 is 5.91 Å². The number of amides is 1. The SMILES string of the molecule is CC(=O)N[C@@H]1CC(N)[C@@H](O[C@H]2OC([C@@H](C)O)[C@@H](O)C(O)C2N)C(O[C@]2(O)CO[C@H]([C@H](C)N)C2O)C1O. The fourth-order valence-corrected chi connectivity index (χ4v) is 4.97. The van der Waals surface area contributed by atoms with Gasteiger partial charge in [0.05, 0.1) is 18.2 Å². The van der Waals surface area contributed by atoms with Crippen LogP contribution in [0.3, 0.4) is 0 Å². The van der Waals surface area contributed by atoms with Gasteiger partial charge in [-0.15, -0.1) is 0 Å². The molecule has 2 heterocycles. The Hall–Kier alpha value is -1.05. The molecule has 15 atom stereocenters. The Morgan fingerprint density at radius 3 is 2.25 bits per heavy atom. The highest BCUT2D eigenvalue weighted by Crippen LogP contribution is 2.35. The predicted molar refractivity (Wildman–Crippen MR) is 121 cm³/mol. The van der Waals surface area contributed by atoms with Gasteiger partial charge in [0.25, 0.3) is 0 Å². The molecule has 7 unspecified atom stereocenters. The van der Waals surface area contributed by atoms with Crippen LogP contribution in [0.25, 0.3) is 0 Å². The molecule has 1 aliphatic carbocycles. The van der Waals surface area contributed by atoms with Crippen molar-refractivity contribution in [2.45, 2.75) is 118 Å². The molecule has 3 fully saturated rings. The summed E-state index contributed by atoms with van der Waals surface area (Å²) in [4.78, 5) is 11.7. The van der Waals surface area contributed by atoms with Crippen molar-refractivity contribution in [2.75, 3.05) is 6.61 Å². The predicted octanol–water partition coefficient (Wildman–Crippen LogP) is -5.70. The molecule has 2 aliphatic heterocycles. The molecule has 210 valence electrons. The van der Waals surface area contributed by atoms with Crippen LogP contribution in [-0.2, 0) is 23.7 Å². The molecular formula is C21H40N4O11. The quantitative estimate of drug-likeness (QED) is 0.139. The molecule has 3 aliphatic rings. The first-order valence-corrected chi connectivity index (χ1v) is 11.9. The number of hydrogen-bond acceptors (Lipinski definition) is 14. The third-order valence-electron chi connectivity index (χ3n) is 6.98. The number of hydrogen-bond donors (Lipinski definition) is 10. The number of aliphatic hydroxyl groups excluding tert-OH is 5. The molecule has 0 radical (unpaired) electrons. The Bertz CT molecular complexity index is 763. The highest BCUT2D eigenvalue weighted by atomic mass is 16.7. The fraction of sp³-hybridized carbons (Fsp3) is 0.952. The molecule has 36 heavy (non-hydrogen) atoms. The van der Waals surface area contributed by atoms with Gasteiger partial charge < -0.3 is 72.1 Å². The molecule has 0 aromatic heterocycles. The summed E-state index contributed by atoms with van der Waals surface area (Å²) in [7, 11) is 0. The summed E-state index contributed by atoms with van der Waals surface area (Å²) in [6, 6.07) is -3.76. The second-order valence-electron chi connectivity index (χ2n) is 10.1. The van der Waals surface area contributed by atoms with Crippen molar-refractivity contribution in [3.05, 3.63) is 0 Å². The van der Waals surface area contributed by atoms with Crippen molar-refractivity contribution in [1.82, 2.24) is 5.32 Å². The van der Waals surface area contributed by atoms with Crippen LogP contribution in [-0.4, -0.2) is 134 Å². The Balaban J connectivity index is 1.88. The number of rotatable bonds is 7. The van der Waals surface area contributed by atoms with Crippen LogP contribution in [0, 0.1) is 0 Å². The zero-order valence-electron chi connectivity index (χ0n) is 20.5. The average molecular weight is 525 g/mol. The van der Waals surface area contributed by atoms with E-state index in [0.29, 0.717) is 0 Å². The van der Waals surface area contributed by atoms with Crippen LogP contribution in [0.15, 0.2) is 0 Å². The average Bonchev–Trinajstić information content (AvgIpc) is 3.07. The maximum absolute atomic E-state index is 11.7. The van der Waals surface area contributed by atoms with E-state index in [1.54, 1.807) is 6.92 Å². The zero-order chi connectivity index (χ0) is 27.1. The van der Waals surface area contributed by atoms with E-state index in [4.69, 9.17) is 36.1 Å². The lowest BCUT2D eigenvalue weighted by atomic mass is 9.83. The van der Waals surface area contributed by atoms with E-state index in [-0.39, 0.29) is 6.42 Å². The molecule has 0 bridgehead atoms.